The number of allylic oxidation sites excluding steroid dienone is 2. The number of carbonyl (C=O) groups excluding carboxylic acids is 1. The Morgan fingerprint density at radius 2 is 1.94 bits per heavy atom. The monoisotopic (exact) mass is 248 g/mol. The minimum absolute atomic E-state index is 0.0315. The normalized spacial score (nSPS) is 11.8. The minimum atomic E-state index is -0.638. The summed E-state index contributed by atoms with van der Waals surface area (Å²) in [5, 5.41) is 9.83. The average molecular weight is 248 g/mol. The molecule has 0 spiro atoms. The quantitative estimate of drug-likeness (QED) is 0.787. The molecule has 1 N–H and O–H groups in total. The lowest BCUT2D eigenvalue weighted by Crippen LogP contribution is -2.15. The maximum Gasteiger partial charge on any atom is 0.158 e. The fourth-order valence-electron chi connectivity index (χ4n) is 1.72. The maximum atomic E-state index is 11.5. The van der Waals surface area contributed by atoms with Crippen LogP contribution in [-0.2, 0) is 11.2 Å². The van der Waals surface area contributed by atoms with Crippen LogP contribution in [0.5, 0.6) is 5.75 Å². The summed E-state index contributed by atoms with van der Waals surface area (Å²) in [5.41, 5.74) is 1.95. The SMILES string of the molecule is COc1ccc(C[C@@H](O)CC(=O)C=C(C)C)cc1. The molecule has 0 saturated heterocycles. The first-order valence-electron chi connectivity index (χ1n) is 6.00. The summed E-state index contributed by atoms with van der Waals surface area (Å²) in [4.78, 5) is 11.5. The zero-order valence-electron chi connectivity index (χ0n) is 11.1. The zero-order valence-corrected chi connectivity index (χ0v) is 11.1. The second kappa shape index (κ2) is 6.97. The summed E-state index contributed by atoms with van der Waals surface area (Å²) in [6.07, 6.45) is 1.57. The summed E-state index contributed by atoms with van der Waals surface area (Å²) >= 11 is 0. The van der Waals surface area contributed by atoms with Crippen LogP contribution in [0.15, 0.2) is 35.9 Å². The van der Waals surface area contributed by atoms with Gasteiger partial charge in [0, 0.05) is 6.42 Å². The van der Waals surface area contributed by atoms with Gasteiger partial charge in [0.2, 0.25) is 0 Å². The third-order valence-corrected chi connectivity index (χ3v) is 2.52. The largest absolute Gasteiger partial charge is 0.497 e. The van der Waals surface area contributed by atoms with Crippen molar-refractivity contribution in [2.75, 3.05) is 7.11 Å². The number of carbonyl (C=O) groups is 1. The molecule has 18 heavy (non-hydrogen) atoms. The molecule has 3 heteroatoms. The lowest BCUT2D eigenvalue weighted by Gasteiger charge is -2.09. The molecular weight excluding hydrogens is 228 g/mol. The van der Waals surface area contributed by atoms with Gasteiger partial charge in [0.15, 0.2) is 5.78 Å². The van der Waals surface area contributed by atoms with Gasteiger partial charge >= 0.3 is 0 Å². The maximum absolute atomic E-state index is 11.5. The molecule has 1 rings (SSSR count). The molecule has 1 atom stereocenters. The van der Waals surface area contributed by atoms with Crippen LogP contribution in [0.4, 0.5) is 0 Å². The van der Waals surface area contributed by atoms with Crippen molar-refractivity contribution < 1.29 is 14.6 Å². The number of benzene rings is 1. The first-order chi connectivity index (χ1) is 8.51. The Hall–Kier alpha value is -1.61. The number of methoxy groups -OCH3 is 1. The van der Waals surface area contributed by atoms with Crippen LogP contribution < -0.4 is 4.74 Å². The molecule has 3 nitrogen and oxygen atoms in total. The number of aliphatic hydroxyl groups is 1. The standard InChI is InChI=1S/C15H20O3/c1-11(2)8-13(16)10-14(17)9-12-4-6-15(18-3)7-5-12/h4-8,14,17H,9-10H2,1-3H3/t14-/m1/s1. The van der Waals surface area contributed by atoms with E-state index in [2.05, 4.69) is 0 Å². The van der Waals surface area contributed by atoms with Crippen LogP contribution >= 0.6 is 0 Å². The predicted octanol–water partition coefficient (Wildman–Crippen LogP) is 2.52. The molecule has 0 aromatic heterocycles. The van der Waals surface area contributed by atoms with Gasteiger partial charge in [0.1, 0.15) is 5.75 Å². The van der Waals surface area contributed by atoms with E-state index in [4.69, 9.17) is 4.74 Å². The molecule has 0 unspecified atom stereocenters. The fraction of sp³-hybridized carbons (Fsp3) is 0.400. The molecule has 1 aromatic rings. The highest BCUT2D eigenvalue weighted by Crippen LogP contribution is 2.13. The van der Waals surface area contributed by atoms with Crippen LogP contribution in [0.3, 0.4) is 0 Å². The van der Waals surface area contributed by atoms with Crippen LogP contribution in [0.1, 0.15) is 25.8 Å². The van der Waals surface area contributed by atoms with E-state index in [0.29, 0.717) is 6.42 Å². The Kier molecular flexibility index (Phi) is 5.59. The van der Waals surface area contributed by atoms with E-state index < -0.39 is 6.10 Å². The first-order valence-corrected chi connectivity index (χ1v) is 6.00. The summed E-state index contributed by atoms with van der Waals surface area (Å²) in [6.45, 7) is 3.74. The van der Waals surface area contributed by atoms with E-state index in [9.17, 15) is 9.90 Å². The molecule has 0 aliphatic carbocycles. The second-order valence-corrected chi connectivity index (χ2v) is 4.60. The third kappa shape index (κ3) is 5.15. The zero-order chi connectivity index (χ0) is 13.5. The topological polar surface area (TPSA) is 46.5 Å². The van der Waals surface area contributed by atoms with Crippen molar-refractivity contribution in [2.45, 2.75) is 32.8 Å². The smallest absolute Gasteiger partial charge is 0.158 e. The highest BCUT2D eigenvalue weighted by molar-refractivity contribution is 5.90. The number of ketones is 1. The van der Waals surface area contributed by atoms with Crippen molar-refractivity contribution >= 4 is 5.78 Å². The van der Waals surface area contributed by atoms with Crippen molar-refractivity contribution in [3.63, 3.8) is 0 Å². The molecule has 0 aliphatic heterocycles. The molecule has 1 aromatic carbocycles. The van der Waals surface area contributed by atoms with Crippen molar-refractivity contribution in [3.8, 4) is 5.75 Å². The van der Waals surface area contributed by atoms with Crippen molar-refractivity contribution in [1.82, 2.24) is 0 Å². The first kappa shape index (κ1) is 14.5. The lowest BCUT2D eigenvalue weighted by molar-refractivity contribution is -0.116. The van der Waals surface area contributed by atoms with E-state index in [1.165, 1.54) is 0 Å². The van der Waals surface area contributed by atoms with Gasteiger partial charge in [0.05, 0.1) is 13.2 Å². The molecule has 0 bridgehead atoms. The van der Waals surface area contributed by atoms with Crippen molar-refractivity contribution in [2.24, 2.45) is 0 Å². The summed E-state index contributed by atoms with van der Waals surface area (Å²) < 4.78 is 5.06. The van der Waals surface area contributed by atoms with Crippen LogP contribution in [0.2, 0.25) is 0 Å². The summed E-state index contributed by atoms with van der Waals surface area (Å²) in [7, 11) is 1.61. The van der Waals surface area contributed by atoms with Gasteiger partial charge in [-0.3, -0.25) is 4.79 Å². The van der Waals surface area contributed by atoms with Crippen LogP contribution in [0.25, 0.3) is 0 Å². The molecule has 0 aliphatic rings. The molecule has 98 valence electrons. The number of rotatable bonds is 6. The molecule has 0 fully saturated rings. The Morgan fingerprint density at radius 3 is 2.44 bits per heavy atom. The Bertz CT molecular complexity index is 414. The highest BCUT2D eigenvalue weighted by Gasteiger charge is 2.10. The van der Waals surface area contributed by atoms with E-state index in [1.807, 2.05) is 38.1 Å². The molecule has 0 saturated carbocycles. The van der Waals surface area contributed by atoms with Crippen molar-refractivity contribution in [3.05, 3.63) is 41.5 Å². The van der Waals surface area contributed by atoms with Gasteiger partial charge in [-0.05, 0) is 44.0 Å². The number of hydrogen-bond donors (Lipinski definition) is 1. The van der Waals surface area contributed by atoms with E-state index >= 15 is 0 Å². The van der Waals surface area contributed by atoms with E-state index in [1.54, 1.807) is 13.2 Å². The summed E-state index contributed by atoms with van der Waals surface area (Å²) in [6, 6.07) is 7.49. The van der Waals surface area contributed by atoms with Crippen molar-refractivity contribution in [1.29, 1.82) is 0 Å². The number of hydrogen-bond acceptors (Lipinski definition) is 3. The molecule has 0 radical (unpaired) electrons. The molecular formula is C15H20O3. The lowest BCUT2D eigenvalue weighted by atomic mass is 10.0. The predicted molar refractivity (Wildman–Crippen MR) is 71.8 cm³/mol. The minimum Gasteiger partial charge on any atom is -0.497 e. The molecule has 0 heterocycles. The fourth-order valence-corrected chi connectivity index (χ4v) is 1.72. The summed E-state index contributed by atoms with van der Waals surface area (Å²) in [5.74, 6) is 0.755. The van der Waals surface area contributed by atoms with Gasteiger partial charge in [-0.15, -0.1) is 0 Å². The van der Waals surface area contributed by atoms with Crippen LogP contribution in [-0.4, -0.2) is 24.1 Å². The van der Waals surface area contributed by atoms with Gasteiger partial charge < -0.3 is 9.84 Å². The highest BCUT2D eigenvalue weighted by atomic mass is 16.5. The average Bonchev–Trinajstić information content (AvgIpc) is 2.28. The van der Waals surface area contributed by atoms with Gasteiger partial charge in [-0.2, -0.15) is 0 Å². The van der Waals surface area contributed by atoms with Crippen LogP contribution in [0, 0.1) is 0 Å². The molecule has 0 amide bonds. The second-order valence-electron chi connectivity index (χ2n) is 4.60. The third-order valence-electron chi connectivity index (χ3n) is 2.52. The number of aliphatic hydroxyl groups excluding tert-OH is 1. The Balaban J connectivity index is 2.51. The van der Waals surface area contributed by atoms with E-state index in [-0.39, 0.29) is 12.2 Å². The Labute approximate surface area is 108 Å². The van der Waals surface area contributed by atoms with E-state index in [0.717, 1.165) is 16.9 Å². The van der Waals surface area contributed by atoms with Gasteiger partial charge in [0.25, 0.3) is 0 Å². The van der Waals surface area contributed by atoms with Gasteiger partial charge in [-0.1, -0.05) is 17.7 Å². The van der Waals surface area contributed by atoms with Gasteiger partial charge in [-0.25, -0.2) is 0 Å². The number of ether oxygens (including phenoxy) is 1. The Morgan fingerprint density at radius 1 is 1.33 bits per heavy atom.